The maximum absolute atomic E-state index is 6.20. The fourth-order valence-electron chi connectivity index (χ4n) is 5.51. The molecule has 0 saturated heterocycles. The van der Waals surface area contributed by atoms with Crippen LogP contribution in [0, 0.1) is 17.8 Å². The average Bonchev–Trinajstić information content (AvgIpc) is 3.16. The van der Waals surface area contributed by atoms with Crippen molar-refractivity contribution in [2.75, 3.05) is 0 Å². The van der Waals surface area contributed by atoms with Crippen LogP contribution in [0.25, 0.3) is 0 Å². The minimum Gasteiger partial charge on any atom is -0.388 e. The van der Waals surface area contributed by atoms with Crippen LogP contribution in [0.3, 0.4) is 0 Å². The van der Waals surface area contributed by atoms with E-state index >= 15 is 0 Å². The molecular weight excluding hydrogens is 356 g/mol. The van der Waals surface area contributed by atoms with E-state index in [1.165, 1.54) is 11.3 Å². The lowest BCUT2D eigenvalue weighted by Crippen LogP contribution is -2.48. The van der Waals surface area contributed by atoms with Gasteiger partial charge >= 0.3 is 0 Å². The molecule has 0 aromatic carbocycles. The summed E-state index contributed by atoms with van der Waals surface area (Å²) in [6.45, 7) is 9.07. The molecule has 1 aromatic rings. The highest BCUT2D eigenvalue weighted by Gasteiger charge is 2.63. The fourth-order valence-corrected chi connectivity index (χ4v) is 5.97. The molecular formula is C18H25BrN2O2. The molecule has 0 amide bonds. The largest absolute Gasteiger partial charge is 0.388 e. The zero-order chi connectivity index (χ0) is 16.4. The number of rotatable bonds is 2. The van der Waals surface area contributed by atoms with Crippen molar-refractivity contribution < 1.29 is 9.36 Å². The van der Waals surface area contributed by atoms with Gasteiger partial charge in [-0.3, -0.25) is 0 Å². The van der Waals surface area contributed by atoms with Crippen molar-refractivity contribution in [3.05, 3.63) is 15.9 Å². The van der Waals surface area contributed by atoms with E-state index in [1.807, 2.05) is 0 Å². The normalized spacial score (nSPS) is 31.4. The standard InChI is InChI=1S/C18H25BrN2O2/c1-10(2)18(11(3)4)13-7-9-17(15(13)21-23-18)8-5-6-12-14(17)20-22-16(12)19/h10-11,13H,5-9H2,1-4H3/t13-,17-/m1/s1. The van der Waals surface area contributed by atoms with Gasteiger partial charge < -0.3 is 9.36 Å². The van der Waals surface area contributed by atoms with Crippen molar-refractivity contribution in [2.45, 2.75) is 70.8 Å². The number of oxime groups is 1. The van der Waals surface area contributed by atoms with E-state index in [1.54, 1.807) is 0 Å². The van der Waals surface area contributed by atoms with E-state index in [-0.39, 0.29) is 11.0 Å². The van der Waals surface area contributed by atoms with Gasteiger partial charge in [0.1, 0.15) is 5.60 Å². The molecule has 1 fully saturated rings. The lowest BCUT2D eigenvalue weighted by molar-refractivity contribution is -0.113. The maximum Gasteiger partial charge on any atom is 0.205 e. The molecule has 4 nitrogen and oxygen atoms in total. The Morgan fingerprint density at radius 1 is 1.17 bits per heavy atom. The van der Waals surface area contributed by atoms with E-state index in [2.05, 4.69) is 48.8 Å². The fraction of sp³-hybridized carbons (Fsp3) is 0.778. The van der Waals surface area contributed by atoms with Gasteiger partial charge in [0, 0.05) is 11.5 Å². The lowest BCUT2D eigenvalue weighted by atomic mass is 9.66. The number of nitrogens with zero attached hydrogens (tertiary/aromatic N) is 2. The summed E-state index contributed by atoms with van der Waals surface area (Å²) in [5.41, 5.74) is 3.37. The third kappa shape index (κ3) is 1.83. The first-order valence-corrected chi connectivity index (χ1v) is 9.64. The third-order valence-corrected chi connectivity index (χ3v) is 7.18. The van der Waals surface area contributed by atoms with Crippen LogP contribution in [-0.4, -0.2) is 16.5 Å². The molecule has 0 N–H and O–H groups in total. The number of aromatic nitrogens is 1. The van der Waals surface area contributed by atoms with Gasteiger partial charge in [-0.2, -0.15) is 0 Å². The number of fused-ring (bicyclic) bond motifs is 4. The van der Waals surface area contributed by atoms with Gasteiger partial charge in [0.05, 0.1) is 16.8 Å². The molecule has 2 aliphatic carbocycles. The van der Waals surface area contributed by atoms with Gasteiger partial charge in [-0.05, 0) is 59.9 Å². The topological polar surface area (TPSA) is 47.6 Å². The molecule has 3 aliphatic rings. The van der Waals surface area contributed by atoms with E-state index < -0.39 is 0 Å². The minimum absolute atomic E-state index is 0.0563. The van der Waals surface area contributed by atoms with E-state index in [0.717, 1.165) is 42.5 Å². The SMILES string of the molecule is CC(C)C1(C(C)C)ON=C2[C@H]1CC[C@@]21CCCc2c1noc2Br. The Balaban J connectivity index is 1.80. The Hall–Kier alpha value is -0.840. The predicted molar refractivity (Wildman–Crippen MR) is 92.5 cm³/mol. The van der Waals surface area contributed by atoms with Crippen LogP contribution in [0.15, 0.2) is 14.3 Å². The van der Waals surface area contributed by atoms with Crippen molar-refractivity contribution in [2.24, 2.45) is 22.9 Å². The molecule has 2 atom stereocenters. The van der Waals surface area contributed by atoms with E-state index in [9.17, 15) is 0 Å². The summed E-state index contributed by atoms with van der Waals surface area (Å²) in [6, 6.07) is 0. The van der Waals surface area contributed by atoms with Gasteiger partial charge in [-0.1, -0.05) is 38.0 Å². The van der Waals surface area contributed by atoms with Crippen molar-refractivity contribution in [3.63, 3.8) is 0 Å². The predicted octanol–water partition coefficient (Wildman–Crippen LogP) is 4.86. The Morgan fingerprint density at radius 2 is 1.91 bits per heavy atom. The number of hydrogen-bond acceptors (Lipinski definition) is 4. The summed E-state index contributed by atoms with van der Waals surface area (Å²) in [6.07, 6.45) is 5.57. The highest BCUT2D eigenvalue weighted by atomic mass is 79.9. The van der Waals surface area contributed by atoms with Gasteiger partial charge in [0.2, 0.25) is 4.67 Å². The quantitative estimate of drug-likeness (QED) is 0.735. The molecule has 0 radical (unpaired) electrons. The molecule has 1 saturated carbocycles. The first-order valence-electron chi connectivity index (χ1n) is 8.84. The summed E-state index contributed by atoms with van der Waals surface area (Å²) in [4.78, 5) is 6.20. The molecule has 1 aromatic heterocycles. The van der Waals surface area contributed by atoms with Crippen molar-refractivity contribution >= 4 is 21.6 Å². The van der Waals surface area contributed by atoms with Crippen LogP contribution in [0.1, 0.15) is 64.6 Å². The molecule has 0 unspecified atom stereocenters. The smallest absolute Gasteiger partial charge is 0.205 e. The highest BCUT2D eigenvalue weighted by molar-refractivity contribution is 9.10. The number of hydrogen-bond donors (Lipinski definition) is 0. The van der Waals surface area contributed by atoms with Crippen molar-refractivity contribution in [1.29, 1.82) is 0 Å². The van der Waals surface area contributed by atoms with Gasteiger partial charge in [0.25, 0.3) is 0 Å². The summed E-state index contributed by atoms with van der Waals surface area (Å²) < 4.78 is 6.27. The van der Waals surface area contributed by atoms with Crippen LogP contribution in [0.5, 0.6) is 0 Å². The Morgan fingerprint density at radius 3 is 2.61 bits per heavy atom. The van der Waals surface area contributed by atoms with Gasteiger partial charge in [-0.15, -0.1) is 0 Å². The van der Waals surface area contributed by atoms with Crippen LogP contribution < -0.4 is 0 Å². The van der Waals surface area contributed by atoms with Crippen LogP contribution in [-0.2, 0) is 16.7 Å². The average molecular weight is 381 g/mol. The molecule has 0 bridgehead atoms. The van der Waals surface area contributed by atoms with E-state index in [4.69, 9.17) is 14.5 Å². The Bertz CT molecular complexity index is 656. The van der Waals surface area contributed by atoms with Crippen LogP contribution in [0.4, 0.5) is 0 Å². The summed E-state index contributed by atoms with van der Waals surface area (Å²) in [5, 5.41) is 9.13. The summed E-state index contributed by atoms with van der Waals surface area (Å²) >= 11 is 3.52. The summed E-state index contributed by atoms with van der Waals surface area (Å²) in [7, 11) is 0. The monoisotopic (exact) mass is 380 g/mol. The Labute approximate surface area is 146 Å². The zero-order valence-corrected chi connectivity index (χ0v) is 15.9. The van der Waals surface area contributed by atoms with Crippen molar-refractivity contribution in [3.8, 4) is 0 Å². The molecule has 2 heterocycles. The molecule has 4 rings (SSSR count). The second-order valence-corrected chi connectivity index (χ2v) is 8.76. The molecule has 1 spiro atoms. The maximum atomic E-state index is 6.20. The van der Waals surface area contributed by atoms with Gasteiger partial charge in [0.15, 0.2) is 0 Å². The van der Waals surface area contributed by atoms with Crippen LogP contribution in [0.2, 0.25) is 0 Å². The molecule has 5 heteroatoms. The highest BCUT2D eigenvalue weighted by Crippen LogP contribution is 2.58. The van der Waals surface area contributed by atoms with Crippen molar-refractivity contribution in [1.82, 2.24) is 5.16 Å². The minimum atomic E-state index is -0.169. The molecule has 23 heavy (non-hydrogen) atoms. The molecule has 126 valence electrons. The first-order chi connectivity index (χ1) is 10.9. The molecule has 1 aliphatic heterocycles. The zero-order valence-electron chi connectivity index (χ0n) is 14.4. The number of halogens is 1. The summed E-state index contributed by atoms with van der Waals surface area (Å²) in [5.74, 6) is 1.29. The second kappa shape index (κ2) is 5.08. The third-order valence-electron chi connectivity index (χ3n) is 6.56. The van der Waals surface area contributed by atoms with Crippen LogP contribution >= 0.6 is 15.9 Å². The second-order valence-electron chi connectivity index (χ2n) is 8.04. The van der Waals surface area contributed by atoms with Gasteiger partial charge in [-0.25, -0.2) is 0 Å². The lowest BCUT2D eigenvalue weighted by Gasteiger charge is -2.39. The van der Waals surface area contributed by atoms with E-state index in [0.29, 0.717) is 17.8 Å². The first kappa shape index (κ1) is 15.7. The Kier molecular flexibility index (Phi) is 3.46.